The lowest BCUT2D eigenvalue weighted by molar-refractivity contribution is 0.344. The fourth-order valence-electron chi connectivity index (χ4n) is 3.62. The van der Waals surface area contributed by atoms with Gasteiger partial charge in [-0.2, -0.15) is 0 Å². The first kappa shape index (κ1) is 27.6. The van der Waals surface area contributed by atoms with Crippen LogP contribution < -0.4 is 14.2 Å². The van der Waals surface area contributed by atoms with Crippen LogP contribution in [-0.2, 0) is 6.42 Å². The number of rotatable bonds is 14. The van der Waals surface area contributed by atoms with Crippen LogP contribution >= 0.6 is 0 Å². The van der Waals surface area contributed by atoms with Gasteiger partial charge in [0.15, 0.2) is 11.5 Å². The van der Waals surface area contributed by atoms with Crippen LogP contribution in [-0.4, -0.2) is 21.3 Å². The van der Waals surface area contributed by atoms with Crippen LogP contribution in [0.4, 0.5) is 0 Å². The topological polar surface area (TPSA) is 27.7 Å². The summed E-state index contributed by atoms with van der Waals surface area (Å²) in [5.41, 5.74) is 6.77. The van der Waals surface area contributed by atoms with E-state index >= 15 is 0 Å². The lowest BCUT2D eigenvalue weighted by Gasteiger charge is -2.15. The molecule has 0 aliphatic carbocycles. The van der Waals surface area contributed by atoms with Gasteiger partial charge in [0.2, 0.25) is 0 Å². The van der Waals surface area contributed by atoms with E-state index in [-0.39, 0.29) is 0 Å². The van der Waals surface area contributed by atoms with Crippen LogP contribution in [0.2, 0.25) is 0 Å². The van der Waals surface area contributed by atoms with E-state index in [1.54, 1.807) is 21.3 Å². The Balaban J connectivity index is 2.56. The van der Waals surface area contributed by atoms with Gasteiger partial charge >= 0.3 is 0 Å². The zero-order valence-corrected chi connectivity index (χ0v) is 21.6. The summed E-state index contributed by atoms with van der Waals surface area (Å²) in [5, 5.41) is 0. The van der Waals surface area contributed by atoms with Gasteiger partial charge in [0.1, 0.15) is 5.75 Å². The van der Waals surface area contributed by atoms with Gasteiger partial charge in [-0.15, -0.1) is 0 Å². The number of benzene rings is 1. The first-order valence-corrected chi connectivity index (χ1v) is 11.7. The van der Waals surface area contributed by atoms with Crippen LogP contribution in [0.15, 0.2) is 58.7 Å². The molecule has 0 aliphatic heterocycles. The van der Waals surface area contributed by atoms with Crippen molar-refractivity contribution in [3.63, 3.8) is 0 Å². The third-order valence-corrected chi connectivity index (χ3v) is 5.63. The number of ether oxygens (including phenoxy) is 3. The molecular weight excluding hydrogens is 396 g/mol. The molecule has 0 saturated heterocycles. The number of hydrogen-bond donors (Lipinski definition) is 0. The maximum atomic E-state index is 5.59. The molecule has 0 saturated carbocycles. The predicted molar refractivity (Wildman–Crippen MR) is 138 cm³/mol. The molecule has 3 nitrogen and oxygen atoms in total. The largest absolute Gasteiger partial charge is 0.496 e. The zero-order valence-electron chi connectivity index (χ0n) is 21.6. The third-order valence-electron chi connectivity index (χ3n) is 5.63. The Labute approximate surface area is 196 Å². The van der Waals surface area contributed by atoms with Crippen LogP contribution in [0.5, 0.6) is 17.2 Å². The van der Waals surface area contributed by atoms with E-state index in [0.717, 1.165) is 61.3 Å². The molecule has 1 aromatic carbocycles. The Morgan fingerprint density at radius 2 is 1.09 bits per heavy atom. The Hall–Kier alpha value is -2.42. The lowest BCUT2D eigenvalue weighted by atomic mass is 10.0. The average molecular weight is 441 g/mol. The van der Waals surface area contributed by atoms with Gasteiger partial charge in [-0.05, 0) is 91.7 Å². The molecule has 0 heterocycles. The minimum atomic E-state index is 0.731. The molecule has 0 aromatic heterocycles. The quantitative estimate of drug-likeness (QED) is 0.272. The summed E-state index contributed by atoms with van der Waals surface area (Å²) in [7, 11) is 5.02. The maximum absolute atomic E-state index is 5.59. The molecule has 1 rings (SSSR count). The Kier molecular flexibility index (Phi) is 13.3. The van der Waals surface area contributed by atoms with Gasteiger partial charge in [-0.1, -0.05) is 46.6 Å². The van der Waals surface area contributed by atoms with Crippen molar-refractivity contribution in [1.82, 2.24) is 0 Å². The molecule has 178 valence electrons. The van der Waals surface area contributed by atoms with E-state index < -0.39 is 0 Å². The molecule has 0 fully saturated rings. The SMILES string of the molecule is COc1ccc(OC)c(OC)c1CC=C(C)CCC=C(C)CCC=C(C)CCC=C(C)C. The second-order valence-corrected chi connectivity index (χ2v) is 8.73. The van der Waals surface area contributed by atoms with Crippen molar-refractivity contribution in [2.45, 2.75) is 79.6 Å². The summed E-state index contributed by atoms with van der Waals surface area (Å²) >= 11 is 0. The molecule has 0 atom stereocenters. The van der Waals surface area contributed by atoms with E-state index in [9.17, 15) is 0 Å². The molecule has 3 heteroatoms. The lowest BCUT2D eigenvalue weighted by Crippen LogP contribution is -1.99. The molecule has 0 aliphatic rings. The number of methoxy groups -OCH3 is 3. The summed E-state index contributed by atoms with van der Waals surface area (Å²) in [6.07, 6.45) is 16.8. The Bertz CT molecular complexity index is 821. The summed E-state index contributed by atoms with van der Waals surface area (Å²) in [5.74, 6) is 2.30. The van der Waals surface area contributed by atoms with Crippen molar-refractivity contribution in [3.05, 3.63) is 64.3 Å². The third kappa shape index (κ3) is 10.3. The molecule has 0 amide bonds. The van der Waals surface area contributed by atoms with Gasteiger partial charge in [-0.25, -0.2) is 0 Å². The van der Waals surface area contributed by atoms with E-state index in [0.29, 0.717) is 0 Å². The fourth-order valence-corrected chi connectivity index (χ4v) is 3.62. The van der Waals surface area contributed by atoms with Crippen molar-refractivity contribution in [2.24, 2.45) is 0 Å². The second-order valence-electron chi connectivity index (χ2n) is 8.73. The molecule has 0 bridgehead atoms. The van der Waals surface area contributed by atoms with Gasteiger partial charge in [-0.3, -0.25) is 0 Å². The summed E-state index contributed by atoms with van der Waals surface area (Å²) in [6, 6.07) is 3.81. The first-order chi connectivity index (χ1) is 15.3. The van der Waals surface area contributed by atoms with Crippen LogP contribution in [0.25, 0.3) is 0 Å². The van der Waals surface area contributed by atoms with E-state index in [2.05, 4.69) is 58.9 Å². The fraction of sp³-hybridized carbons (Fsp3) is 0.517. The van der Waals surface area contributed by atoms with Crippen molar-refractivity contribution in [3.8, 4) is 17.2 Å². The average Bonchev–Trinajstić information content (AvgIpc) is 2.76. The number of allylic oxidation sites excluding steroid dienone is 8. The molecule has 0 unspecified atom stereocenters. The second kappa shape index (κ2) is 15.4. The highest BCUT2D eigenvalue weighted by Crippen LogP contribution is 2.38. The molecule has 32 heavy (non-hydrogen) atoms. The van der Waals surface area contributed by atoms with E-state index in [1.807, 2.05) is 12.1 Å². The summed E-state index contributed by atoms with van der Waals surface area (Å²) in [4.78, 5) is 0. The smallest absolute Gasteiger partial charge is 0.167 e. The van der Waals surface area contributed by atoms with Crippen molar-refractivity contribution in [1.29, 1.82) is 0 Å². The van der Waals surface area contributed by atoms with Gasteiger partial charge in [0.05, 0.1) is 21.3 Å². The van der Waals surface area contributed by atoms with E-state index in [4.69, 9.17) is 14.2 Å². The van der Waals surface area contributed by atoms with Crippen molar-refractivity contribution in [2.75, 3.05) is 21.3 Å². The zero-order chi connectivity index (χ0) is 23.9. The highest BCUT2D eigenvalue weighted by molar-refractivity contribution is 5.54. The van der Waals surface area contributed by atoms with Gasteiger partial charge in [0.25, 0.3) is 0 Å². The van der Waals surface area contributed by atoms with Crippen LogP contribution in [0.3, 0.4) is 0 Å². The summed E-state index contributed by atoms with van der Waals surface area (Å²) < 4.78 is 16.6. The molecule has 1 aromatic rings. The Morgan fingerprint density at radius 3 is 1.56 bits per heavy atom. The Morgan fingerprint density at radius 1 is 0.625 bits per heavy atom. The summed E-state index contributed by atoms with van der Waals surface area (Å²) in [6.45, 7) is 11.0. The normalized spacial score (nSPS) is 12.6. The molecule has 0 spiro atoms. The first-order valence-electron chi connectivity index (χ1n) is 11.7. The van der Waals surface area contributed by atoms with Crippen LogP contribution in [0, 0.1) is 0 Å². The minimum absolute atomic E-state index is 0.731. The van der Waals surface area contributed by atoms with Gasteiger partial charge < -0.3 is 14.2 Å². The molecule has 0 radical (unpaired) electrons. The maximum Gasteiger partial charge on any atom is 0.167 e. The highest BCUT2D eigenvalue weighted by atomic mass is 16.5. The molecular formula is C29H44O3. The minimum Gasteiger partial charge on any atom is -0.496 e. The number of hydrogen-bond acceptors (Lipinski definition) is 3. The van der Waals surface area contributed by atoms with Crippen LogP contribution in [0.1, 0.15) is 78.7 Å². The molecule has 0 N–H and O–H groups in total. The van der Waals surface area contributed by atoms with E-state index in [1.165, 1.54) is 28.7 Å². The standard InChI is InChI=1S/C29H44O3/c1-22(2)12-9-13-23(3)14-10-15-24(4)16-11-17-25(5)18-19-26-27(30-6)20-21-28(31-7)29(26)32-8/h12,14,16,18,20-21H,9-11,13,15,17,19H2,1-8H3. The predicted octanol–water partition coefficient (Wildman–Crippen LogP) is 8.40. The van der Waals surface area contributed by atoms with Crippen molar-refractivity contribution < 1.29 is 14.2 Å². The van der Waals surface area contributed by atoms with Gasteiger partial charge in [0, 0.05) is 5.56 Å². The van der Waals surface area contributed by atoms with Crippen molar-refractivity contribution >= 4 is 0 Å². The highest BCUT2D eigenvalue weighted by Gasteiger charge is 2.14. The monoisotopic (exact) mass is 440 g/mol.